The Morgan fingerprint density at radius 3 is 2.12 bits per heavy atom. The molecule has 1 rings (SSSR count). The average molecular weight is 240 g/mol. The summed E-state index contributed by atoms with van der Waals surface area (Å²) < 4.78 is 0. The van der Waals surface area contributed by atoms with Gasteiger partial charge in [-0.15, -0.1) is 0 Å². The first-order chi connectivity index (χ1) is 8.03. The second kappa shape index (κ2) is 7.38. The largest absolute Gasteiger partial charge is 0.311 e. The Labute approximate surface area is 108 Å². The van der Waals surface area contributed by atoms with E-state index in [2.05, 4.69) is 37.9 Å². The van der Waals surface area contributed by atoms with Crippen molar-refractivity contribution in [3.63, 3.8) is 0 Å². The van der Waals surface area contributed by atoms with Crippen molar-refractivity contribution in [3.8, 4) is 0 Å². The molecule has 17 heavy (non-hydrogen) atoms. The predicted molar refractivity (Wildman–Crippen MR) is 76.5 cm³/mol. The Bertz CT molecular complexity index is 188. The fourth-order valence-electron chi connectivity index (χ4n) is 2.63. The molecule has 1 saturated heterocycles. The maximum Gasteiger partial charge on any atom is 0.0220 e. The van der Waals surface area contributed by atoms with Crippen LogP contribution in [0.3, 0.4) is 0 Å². The van der Waals surface area contributed by atoms with Gasteiger partial charge in [-0.3, -0.25) is 4.90 Å². The Kier molecular flexibility index (Phi) is 6.50. The smallest absolute Gasteiger partial charge is 0.0220 e. The van der Waals surface area contributed by atoms with Crippen molar-refractivity contribution in [1.29, 1.82) is 0 Å². The third kappa shape index (κ3) is 6.42. The van der Waals surface area contributed by atoms with Crippen LogP contribution in [-0.2, 0) is 0 Å². The van der Waals surface area contributed by atoms with Gasteiger partial charge in [0.1, 0.15) is 0 Å². The van der Waals surface area contributed by atoms with E-state index < -0.39 is 0 Å². The van der Waals surface area contributed by atoms with Gasteiger partial charge in [-0.05, 0) is 53.1 Å². The zero-order chi connectivity index (χ0) is 12.7. The molecule has 1 aliphatic rings. The molecule has 0 aliphatic carbocycles. The summed E-state index contributed by atoms with van der Waals surface area (Å²) in [5.41, 5.74) is 0.248. The third-order valence-electron chi connectivity index (χ3n) is 3.65. The van der Waals surface area contributed by atoms with E-state index in [0.29, 0.717) is 0 Å². The summed E-state index contributed by atoms with van der Waals surface area (Å²) in [6, 6.07) is 0.748. The number of nitrogens with one attached hydrogen (secondary N) is 1. The molecular formula is C15H32N2. The molecule has 1 aliphatic heterocycles. The van der Waals surface area contributed by atoms with Gasteiger partial charge < -0.3 is 5.32 Å². The van der Waals surface area contributed by atoms with Gasteiger partial charge in [0.2, 0.25) is 0 Å². The number of rotatable bonds is 5. The lowest BCUT2D eigenvalue weighted by Crippen LogP contribution is -2.48. The molecule has 0 saturated carbocycles. The van der Waals surface area contributed by atoms with Crippen LogP contribution >= 0.6 is 0 Å². The normalized spacial score (nSPS) is 21.2. The van der Waals surface area contributed by atoms with E-state index in [9.17, 15) is 0 Å². The third-order valence-corrected chi connectivity index (χ3v) is 3.65. The standard InChI is InChI=1S/C15H32N2/c1-5-10-14(13-16-15(2,3)4)17-11-8-6-7-9-12-17/h14,16H,5-13H2,1-4H3. The molecule has 0 aromatic heterocycles. The van der Waals surface area contributed by atoms with E-state index in [4.69, 9.17) is 0 Å². The maximum atomic E-state index is 3.68. The minimum Gasteiger partial charge on any atom is -0.311 e. The topological polar surface area (TPSA) is 15.3 Å². The van der Waals surface area contributed by atoms with Gasteiger partial charge in [-0.25, -0.2) is 0 Å². The molecule has 1 heterocycles. The van der Waals surface area contributed by atoms with Crippen LogP contribution in [-0.4, -0.2) is 36.1 Å². The monoisotopic (exact) mass is 240 g/mol. The van der Waals surface area contributed by atoms with Crippen LogP contribution < -0.4 is 5.32 Å². The predicted octanol–water partition coefficient (Wildman–Crippen LogP) is 3.42. The molecule has 0 aromatic rings. The molecule has 102 valence electrons. The minimum atomic E-state index is 0.248. The highest BCUT2D eigenvalue weighted by molar-refractivity contribution is 4.80. The summed E-state index contributed by atoms with van der Waals surface area (Å²) in [5, 5.41) is 3.68. The lowest BCUT2D eigenvalue weighted by Gasteiger charge is -2.33. The second-order valence-electron chi connectivity index (χ2n) is 6.52. The summed E-state index contributed by atoms with van der Waals surface area (Å²) in [5.74, 6) is 0. The molecular weight excluding hydrogens is 208 g/mol. The quantitative estimate of drug-likeness (QED) is 0.792. The lowest BCUT2D eigenvalue weighted by molar-refractivity contribution is 0.178. The molecule has 0 aromatic carbocycles. The SMILES string of the molecule is CCCC(CNC(C)(C)C)N1CCCCCC1. The number of hydrogen-bond donors (Lipinski definition) is 1. The second-order valence-corrected chi connectivity index (χ2v) is 6.52. The van der Waals surface area contributed by atoms with Gasteiger partial charge in [-0.1, -0.05) is 26.2 Å². The van der Waals surface area contributed by atoms with Gasteiger partial charge in [-0.2, -0.15) is 0 Å². The Hall–Kier alpha value is -0.0800. The number of likely N-dealkylation sites (tertiary alicyclic amines) is 1. The molecule has 1 N–H and O–H groups in total. The highest BCUT2D eigenvalue weighted by Crippen LogP contribution is 2.15. The van der Waals surface area contributed by atoms with Gasteiger partial charge in [0, 0.05) is 18.1 Å². The fourth-order valence-corrected chi connectivity index (χ4v) is 2.63. The van der Waals surface area contributed by atoms with Gasteiger partial charge in [0.25, 0.3) is 0 Å². The van der Waals surface area contributed by atoms with Crippen molar-refractivity contribution in [2.75, 3.05) is 19.6 Å². The van der Waals surface area contributed by atoms with Crippen molar-refractivity contribution in [1.82, 2.24) is 10.2 Å². The Morgan fingerprint density at radius 1 is 1.06 bits per heavy atom. The highest BCUT2D eigenvalue weighted by atomic mass is 15.2. The van der Waals surface area contributed by atoms with Crippen molar-refractivity contribution in [3.05, 3.63) is 0 Å². The van der Waals surface area contributed by atoms with E-state index in [0.717, 1.165) is 12.6 Å². The van der Waals surface area contributed by atoms with E-state index in [-0.39, 0.29) is 5.54 Å². The highest BCUT2D eigenvalue weighted by Gasteiger charge is 2.20. The van der Waals surface area contributed by atoms with Crippen LogP contribution in [0.4, 0.5) is 0 Å². The molecule has 1 fully saturated rings. The molecule has 1 atom stereocenters. The van der Waals surface area contributed by atoms with Crippen molar-refractivity contribution in [2.45, 2.75) is 77.8 Å². The zero-order valence-corrected chi connectivity index (χ0v) is 12.4. The lowest BCUT2D eigenvalue weighted by atomic mass is 10.1. The summed E-state index contributed by atoms with van der Waals surface area (Å²) in [4.78, 5) is 2.73. The van der Waals surface area contributed by atoms with E-state index in [1.807, 2.05) is 0 Å². The summed E-state index contributed by atoms with van der Waals surface area (Å²) in [6.07, 6.45) is 8.30. The van der Waals surface area contributed by atoms with Crippen LogP contribution in [0.25, 0.3) is 0 Å². The van der Waals surface area contributed by atoms with E-state index >= 15 is 0 Å². The van der Waals surface area contributed by atoms with Gasteiger partial charge >= 0.3 is 0 Å². The average Bonchev–Trinajstić information content (AvgIpc) is 2.51. The maximum absolute atomic E-state index is 3.68. The summed E-state index contributed by atoms with van der Waals surface area (Å²) in [6.45, 7) is 12.9. The van der Waals surface area contributed by atoms with E-state index in [1.165, 1.54) is 51.6 Å². The molecule has 0 spiro atoms. The first kappa shape index (κ1) is 15.0. The molecule has 2 nitrogen and oxygen atoms in total. The molecule has 0 bridgehead atoms. The van der Waals surface area contributed by atoms with Crippen LogP contribution in [0.1, 0.15) is 66.2 Å². The van der Waals surface area contributed by atoms with Gasteiger partial charge in [0.15, 0.2) is 0 Å². The fraction of sp³-hybridized carbons (Fsp3) is 1.00. The summed E-state index contributed by atoms with van der Waals surface area (Å²) in [7, 11) is 0. The van der Waals surface area contributed by atoms with Crippen molar-refractivity contribution < 1.29 is 0 Å². The molecule has 2 heteroatoms. The first-order valence-electron chi connectivity index (χ1n) is 7.52. The van der Waals surface area contributed by atoms with Crippen LogP contribution in [0.5, 0.6) is 0 Å². The Balaban J connectivity index is 2.44. The number of nitrogens with zero attached hydrogens (tertiary/aromatic N) is 1. The van der Waals surface area contributed by atoms with Crippen LogP contribution in [0.2, 0.25) is 0 Å². The molecule has 0 radical (unpaired) electrons. The van der Waals surface area contributed by atoms with Crippen molar-refractivity contribution in [2.24, 2.45) is 0 Å². The van der Waals surface area contributed by atoms with Crippen LogP contribution in [0, 0.1) is 0 Å². The summed E-state index contributed by atoms with van der Waals surface area (Å²) >= 11 is 0. The Morgan fingerprint density at radius 2 is 1.65 bits per heavy atom. The number of hydrogen-bond acceptors (Lipinski definition) is 2. The molecule has 0 amide bonds. The minimum absolute atomic E-state index is 0.248. The zero-order valence-electron chi connectivity index (χ0n) is 12.4. The van der Waals surface area contributed by atoms with Gasteiger partial charge in [0.05, 0.1) is 0 Å². The van der Waals surface area contributed by atoms with Crippen LogP contribution in [0.15, 0.2) is 0 Å². The first-order valence-corrected chi connectivity index (χ1v) is 7.52. The van der Waals surface area contributed by atoms with E-state index in [1.54, 1.807) is 0 Å². The molecule has 1 unspecified atom stereocenters. The van der Waals surface area contributed by atoms with Crippen molar-refractivity contribution >= 4 is 0 Å².